The van der Waals surface area contributed by atoms with Gasteiger partial charge < -0.3 is 30.5 Å². The van der Waals surface area contributed by atoms with Crippen molar-refractivity contribution in [2.24, 2.45) is 0 Å². The largest absolute Gasteiger partial charge is 0.394 e. The third kappa shape index (κ3) is 4.53. The normalized spacial score (nSPS) is 15.2. The second-order valence-electron chi connectivity index (χ2n) is 4.40. The van der Waals surface area contributed by atoms with Crippen LogP contribution in [0, 0.1) is 0 Å². The van der Waals surface area contributed by atoms with E-state index in [0.29, 0.717) is 31.2 Å². The molecule has 1 aromatic heterocycles. The van der Waals surface area contributed by atoms with E-state index in [1.807, 2.05) is 0 Å². The number of hydrogen-bond donors (Lipinski definition) is 3. The molecule has 0 spiro atoms. The van der Waals surface area contributed by atoms with Gasteiger partial charge in [0, 0.05) is 19.6 Å². The highest BCUT2D eigenvalue weighted by molar-refractivity contribution is 7.18. The molecule has 0 saturated carbocycles. The molecule has 2 heterocycles. The Bertz CT molecular complexity index is 462. The summed E-state index contributed by atoms with van der Waals surface area (Å²) >= 11 is 1.28. The topological polar surface area (TPSA) is 110 Å². The molecule has 1 fully saturated rings. The maximum absolute atomic E-state index is 12.0. The first kappa shape index (κ1) is 16.0. The number of nitrogens with two attached hydrogens (primary N) is 1. The molecule has 0 bridgehead atoms. The third-order valence-corrected chi connectivity index (χ3v) is 4.03. The predicted molar refractivity (Wildman–Crippen MR) is 79.8 cm³/mol. The highest BCUT2D eigenvalue weighted by Crippen LogP contribution is 2.28. The van der Waals surface area contributed by atoms with Gasteiger partial charge in [-0.05, 0) is 0 Å². The summed E-state index contributed by atoms with van der Waals surface area (Å²) in [6.45, 7) is 3.77. The van der Waals surface area contributed by atoms with E-state index in [1.54, 1.807) is 0 Å². The molecule has 2 rings (SSSR count). The van der Waals surface area contributed by atoms with E-state index in [9.17, 15) is 4.79 Å². The van der Waals surface area contributed by atoms with Gasteiger partial charge in [0.1, 0.15) is 10.7 Å². The Morgan fingerprint density at radius 2 is 2.24 bits per heavy atom. The van der Waals surface area contributed by atoms with Gasteiger partial charge >= 0.3 is 0 Å². The Morgan fingerprint density at radius 3 is 2.95 bits per heavy atom. The maximum atomic E-state index is 12.0. The number of carbonyl (C=O) groups excluding carboxylic acids is 1. The Hall–Kier alpha value is -1.42. The molecule has 0 aromatic carbocycles. The van der Waals surface area contributed by atoms with Gasteiger partial charge in [0.25, 0.3) is 5.91 Å². The maximum Gasteiger partial charge on any atom is 0.265 e. The molecular weight excluding hydrogens is 296 g/mol. The average molecular weight is 316 g/mol. The molecule has 1 amide bonds. The first-order valence-electron chi connectivity index (χ1n) is 6.78. The SMILES string of the molecule is Nc1nc(N2CCOCC2)sc1C(=O)NCCOCCO. The number of aliphatic hydroxyl groups is 1. The van der Waals surface area contributed by atoms with Crippen molar-refractivity contribution in [1.29, 1.82) is 0 Å². The van der Waals surface area contributed by atoms with Crippen LogP contribution in [0.25, 0.3) is 0 Å². The van der Waals surface area contributed by atoms with Crippen LogP contribution in [0.2, 0.25) is 0 Å². The zero-order valence-corrected chi connectivity index (χ0v) is 12.5. The fourth-order valence-corrected chi connectivity index (χ4v) is 2.81. The average Bonchev–Trinajstić information content (AvgIpc) is 2.90. The first-order chi connectivity index (χ1) is 10.2. The molecule has 21 heavy (non-hydrogen) atoms. The van der Waals surface area contributed by atoms with Gasteiger partial charge in [0.05, 0.1) is 33.0 Å². The number of hydrogen-bond acceptors (Lipinski definition) is 8. The van der Waals surface area contributed by atoms with Gasteiger partial charge in [0.2, 0.25) is 0 Å². The molecule has 118 valence electrons. The van der Waals surface area contributed by atoms with Gasteiger partial charge in [-0.1, -0.05) is 11.3 Å². The van der Waals surface area contributed by atoms with Crippen LogP contribution in [0.15, 0.2) is 0 Å². The number of nitrogen functional groups attached to an aromatic ring is 1. The van der Waals surface area contributed by atoms with Gasteiger partial charge in [-0.3, -0.25) is 4.79 Å². The summed E-state index contributed by atoms with van der Waals surface area (Å²) in [5.41, 5.74) is 5.82. The van der Waals surface area contributed by atoms with Crippen molar-refractivity contribution in [3.63, 3.8) is 0 Å². The monoisotopic (exact) mass is 316 g/mol. The van der Waals surface area contributed by atoms with Crippen LogP contribution >= 0.6 is 11.3 Å². The van der Waals surface area contributed by atoms with Crippen molar-refractivity contribution in [2.45, 2.75) is 0 Å². The summed E-state index contributed by atoms with van der Waals surface area (Å²) in [5.74, 6) is -0.00706. The quantitative estimate of drug-likeness (QED) is 0.571. The smallest absolute Gasteiger partial charge is 0.265 e. The lowest BCUT2D eigenvalue weighted by Crippen LogP contribution is -2.36. The van der Waals surface area contributed by atoms with E-state index in [4.69, 9.17) is 20.3 Å². The molecule has 0 aliphatic carbocycles. The number of aliphatic hydroxyl groups excluding tert-OH is 1. The second kappa shape index (κ2) is 8.13. The summed E-state index contributed by atoms with van der Waals surface area (Å²) in [6.07, 6.45) is 0. The number of amides is 1. The minimum Gasteiger partial charge on any atom is -0.394 e. The van der Waals surface area contributed by atoms with Crippen LogP contribution in [-0.4, -0.2) is 68.7 Å². The number of carbonyl (C=O) groups is 1. The van der Waals surface area contributed by atoms with E-state index < -0.39 is 0 Å². The molecule has 0 atom stereocenters. The van der Waals surface area contributed by atoms with Crippen LogP contribution in [0.1, 0.15) is 9.67 Å². The molecule has 1 aromatic rings. The number of aromatic nitrogens is 1. The molecular formula is C12H20N4O4S. The fourth-order valence-electron chi connectivity index (χ4n) is 1.86. The Balaban J connectivity index is 1.87. The fraction of sp³-hybridized carbons (Fsp3) is 0.667. The lowest BCUT2D eigenvalue weighted by atomic mass is 10.4. The van der Waals surface area contributed by atoms with Crippen molar-refractivity contribution in [2.75, 3.05) is 63.3 Å². The van der Waals surface area contributed by atoms with Crippen LogP contribution in [0.3, 0.4) is 0 Å². The lowest BCUT2D eigenvalue weighted by Gasteiger charge is -2.25. The molecule has 0 unspecified atom stereocenters. The van der Waals surface area contributed by atoms with Crippen LogP contribution in [-0.2, 0) is 9.47 Å². The minimum atomic E-state index is -0.253. The number of anilines is 2. The van der Waals surface area contributed by atoms with Crippen LogP contribution in [0.5, 0.6) is 0 Å². The molecule has 0 radical (unpaired) electrons. The van der Waals surface area contributed by atoms with E-state index in [2.05, 4.69) is 15.2 Å². The molecule has 8 nitrogen and oxygen atoms in total. The number of rotatable bonds is 7. The second-order valence-corrected chi connectivity index (χ2v) is 5.38. The summed E-state index contributed by atoms with van der Waals surface area (Å²) in [6, 6.07) is 0. The Morgan fingerprint density at radius 1 is 1.48 bits per heavy atom. The van der Waals surface area contributed by atoms with Crippen LogP contribution in [0.4, 0.5) is 10.9 Å². The highest BCUT2D eigenvalue weighted by Gasteiger charge is 2.20. The Labute approximate surface area is 126 Å². The number of nitrogens with zero attached hydrogens (tertiary/aromatic N) is 2. The Kier molecular flexibility index (Phi) is 6.18. The third-order valence-electron chi connectivity index (χ3n) is 2.90. The van der Waals surface area contributed by atoms with Crippen molar-refractivity contribution in [3.8, 4) is 0 Å². The molecule has 1 aliphatic rings. The van der Waals surface area contributed by atoms with Crippen molar-refractivity contribution in [1.82, 2.24) is 10.3 Å². The first-order valence-corrected chi connectivity index (χ1v) is 7.60. The number of ether oxygens (including phenoxy) is 2. The molecule has 4 N–H and O–H groups in total. The van der Waals surface area contributed by atoms with E-state index in [-0.39, 0.29) is 24.9 Å². The van der Waals surface area contributed by atoms with Gasteiger partial charge in [-0.2, -0.15) is 0 Å². The standard InChI is InChI=1S/C12H20N4O4S/c13-10-9(11(18)14-1-5-19-8-4-17)21-12(15-10)16-2-6-20-7-3-16/h17H,1-8,13H2,(H,14,18). The van der Waals surface area contributed by atoms with Crippen molar-refractivity contribution in [3.05, 3.63) is 4.88 Å². The van der Waals surface area contributed by atoms with Crippen molar-refractivity contribution >= 4 is 28.2 Å². The minimum absolute atomic E-state index is 0.0291. The van der Waals surface area contributed by atoms with E-state index >= 15 is 0 Å². The van der Waals surface area contributed by atoms with Gasteiger partial charge in [-0.25, -0.2) is 4.98 Å². The van der Waals surface area contributed by atoms with Gasteiger partial charge in [0.15, 0.2) is 5.13 Å². The summed E-state index contributed by atoms with van der Waals surface area (Å²) in [5, 5.41) is 12.0. The number of morpholine rings is 1. The predicted octanol–water partition coefficient (Wildman–Crippen LogP) is -0.699. The molecule has 1 aliphatic heterocycles. The molecule has 9 heteroatoms. The highest BCUT2D eigenvalue weighted by atomic mass is 32.1. The number of nitrogens with one attached hydrogen (secondary N) is 1. The summed E-state index contributed by atoms with van der Waals surface area (Å²) < 4.78 is 10.4. The van der Waals surface area contributed by atoms with E-state index in [1.165, 1.54) is 11.3 Å². The van der Waals surface area contributed by atoms with Crippen molar-refractivity contribution < 1.29 is 19.4 Å². The zero-order valence-electron chi connectivity index (χ0n) is 11.7. The summed E-state index contributed by atoms with van der Waals surface area (Å²) in [7, 11) is 0. The number of thiazole rings is 1. The van der Waals surface area contributed by atoms with Gasteiger partial charge in [-0.15, -0.1) is 0 Å². The molecule has 1 saturated heterocycles. The lowest BCUT2D eigenvalue weighted by molar-refractivity contribution is 0.0841. The van der Waals surface area contributed by atoms with Crippen LogP contribution < -0.4 is 16.0 Å². The van der Waals surface area contributed by atoms with E-state index in [0.717, 1.165) is 18.2 Å². The summed E-state index contributed by atoms with van der Waals surface area (Å²) in [4.78, 5) is 18.8. The zero-order chi connectivity index (χ0) is 15.1.